The fourth-order valence-corrected chi connectivity index (χ4v) is 2.93. The molecule has 1 aliphatic carbocycles. The first kappa shape index (κ1) is 16.3. The minimum atomic E-state index is 0.518. The van der Waals surface area contributed by atoms with Crippen LogP contribution in [0.15, 0.2) is 17.1 Å². The van der Waals surface area contributed by atoms with Crippen LogP contribution in [0.1, 0.15) is 19.8 Å². The molecule has 1 unspecified atom stereocenters. The van der Waals surface area contributed by atoms with Crippen LogP contribution >= 0.6 is 0 Å². The quantitative estimate of drug-likeness (QED) is 0.446. The van der Waals surface area contributed by atoms with E-state index in [4.69, 9.17) is 0 Å². The maximum Gasteiger partial charge on any atom is 0.191 e. The zero-order valence-electron chi connectivity index (χ0n) is 13.8. The molecular formula is C16H31N5. The minimum absolute atomic E-state index is 0.518. The third-order valence-corrected chi connectivity index (χ3v) is 4.36. The molecule has 1 atom stereocenters. The van der Waals surface area contributed by atoms with Crippen LogP contribution in [0, 0.1) is 5.92 Å². The minimum Gasteiger partial charge on any atom is -0.356 e. The Morgan fingerprint density at radius 3 is 2.52 bits per heavy atom. The summed E-state index contributed by atoms with van der Waals surface area (Å²) in [4.78, 5) is 9.30. The third-order valence-electron chi connectivity index (χ3n) is 4.36. The van der Waals surface area contributed by atoms with Gasteiger partial charge in [-0.05, 0) is 25.8 Å². The predicted molar refractivity (Wildman–Crippen MR) is 89.8 cm³/mol. The molecular weight excluding hydrogens is 262 g/mol. The van der Waals surface area contributed by atoms with Gasteiger partial charge in [0.15, 0.2) is 5.96 Å². The van der Waals surface area contributed by atoms with Crippen LogP contribution in [0.2, 0.25) is 0 Å². The van der Waals surface area contributed by atoms with Crippen LogP contribution in [0.4, 0.5) is 0 Å². The van der Waals surface area contributed by atoms with E-state index in [1.807, 2.05) is 7.05 Å². The highest BCUT2D eigenvalue weighted by Crippen LogP contribution is 2.08. The second-order valence-corrected chi connectivity index (χ2v) is 6.45. The summed E-state index contributed by atoms with van der Waals surface area (Å²) in [5.41, 5.74) is 0. The molecule has 0 aromatic rings. The SMILES string of the molecule is CN=C(NCC(C)CN1CCN(C)CC1)NC1CC=CC1. The lowest BCUT2D eigenvalue weighted by atomic mass is 10.1. The number of rotatable bonds is 5. The molecule has 0 amide bonds. The Morgan fingerprint density at radius 1 is 1.24 bits per heavy atom. The number of aliphatic imine (C=N–C) groups is 1. The van der Waals surface area contributed by atoms with E-state index in [9.17, 15) is 0 Å². The zero-order valence-corrected chi connectivity index (χ0v) is 13.8. The number of guanidine groups is 1. The zero-order chi connectivity index (χ0) is 15.1. The van der Waals surface area contributed by atoms with Crippen LogP contribution in [0.3, 0.4) is 0 Å². The molecule has 0 aromatic heterocycles. The largest absolute Gasteiger partial charge is 0.356 e. The molecule has 0 saturated carbocycles. The number of hydrogen-bond acceptors (Lipinski definition) is 3. The van der Waals surface area contributed by atoms with Crippen molar-refractivity contribution in [2.24, 2.45) is 10.9 Å². The number of hydrogen-bond donors (Lipinski definition) is 2. The lowest BCUT2D eigenvalue weighted by Crippen LogP contribution is -2.48. The fraction of sp³-hybridized carbons (Fsp3) is 0.812. The van der Waals surface area contributed by atoms with Crippen molar-refractivity contribution < 1.29 is 0 Å². The summed E-state index contributed by atoms with van der Waals surface area (Å²) < 4.78 is 0. The maximum absolute atomic E-state index is 4.33. The maximum atomic E-state index is 4.33. The summed E-state index contributed by atoms with van der Waals surface area (Å²) in [7, 11) is 4.05. The summed E-state index contributed by atoms with van der Waals surface area (Å²) in [6, 6.07) is 0.518. The average Bonchev–Trinajstić information content (AvgIpc) is 2.99. The monoisotopic (exact) mass is 293 g/mol. The first-order chi connectivity index (χ1) is 10.2. The summed E-state index contributed by atoms with van der Waals surface area (Å²) >= 11 is 0. The Kier molecular flexibility index (Phi) is 6.51. The normalized spacial score (nSPS) is 23.5. The summed E-state index contributed by atoms with van der Waals surface area (Å²) in [6.07, 6.45) is 6.69. The highest BCUT2D eigenvalue weighted by molar-refractivity contribution is 5.80. The summed E-state index contributed by atoms with van der Waals surface area (Å²) in [5.74, 6) is 1.57. The highest BCUT2D eigenvalue weighted by Gasteiger charge is 2.17. The molecule has 0 spiro atoms. The van der Waals surface area contributed by atoms with E-state index >= 15 is 0 Å². The van der Waals surface area contributed by atoms with Crippen LogP contribution in [-0.4, -0.2) is 75.2 Å². The second-order valence-electron chi connectivity index (χ2n) is 6.45. The lowest BCUT2D eigenvalue weighted by Gasteiger charge is -2.34. The Morgan fingerprint density at radius 2 is 1.90 bits per heavy atom. The van der Waals surface area contributed by atoms with Crippen molar-refractivity contribution in [2.75, 3.05) is 53.4 Å². The van der Waals surface area contributed by atoms with E-state index in [2.05, 4.69) is 51.5 Å². The Labute approximate surface area is 129 Å². The van der Waals surface area contributed by atoms with Crippen molar-refractivity contribution in [3.63, 3.8) is 0 Å². The van der Waals surface area contributed by atoms with E-state index in [0.29, 0.717) is 12.0 Å². The summed E-state index contributed by atoms with van der Waals surface area (Å²) in [5, 5.41) is 6.95. The van der Waals surface area contributed by atoms with Crippen molar-refractivity contribution in [1.82, 2.24) is 20.4 Å². The highest BCUT2D eigenvalue weighted by atomic mass is 15.2. The molecule has 2 aliphatic rings. The van der Waals surface area contributed by atoms with Crippen LogP contribution in [0.5, 0.6) is 0 Å². The first-order valence-corrected chi connectivity index (χ1v) is 8.20. The third kappa shape index (κ3) is 5.67. The fourth-order valence-electron chi connectivity index (χ4n) is 2.93. The first-order valence-electron chi connectivity index (χ1n) is 8.20. The topological polar surface area (TPSA) is 42.9 Å². The summed E-state index contributed by atoms with van der Waals surface area (Å²) in [6.45, 7) is 9.24. The van der Waals surface area contributed by atoms with E-state index < -0.39 is 0 Å². The molecule has 1 saturated heterocycles. The van der Waals surface area contributed by atoms with Crippen molar-refractivity contribution in [2.45, 2.75) is 25.8 Å². The van der Waals surface area contributed by atoms with Crippen molar-refractivity contribution in [1.29, 1.82) is 0 Å². The lowest BCUT2D eigenvalue weighted by molar-refractivity contribution is 0.139. The van der Waals surface area contributed by atoms with Gasteiger partial charge in [0.05, 0.1) is 0 Å². The van der Waals surface area contributed by atoms with Crippen molar-refractivity contribution in [3.8, 4) is 0 Å². The van der Waals surface area contributed by atoms with Crippen LogP contribution in [0.25, 0.3) is 0 Å². The van der Waals surface area contributed by atoms with Gasteiger partial charge >= 0.3 is 0 Å². The second kappa shape index (κ2) is 8.39. The van der Waals surface area contributed by atoms with Crippen LogP contribution < -0.4 is 10.6 Å². The smallest absolute Gasteiger partial charge is 0.191 e. The number of piperazine rings is 1. The van der Waals surface area contributed by atoms with E-state index in [1.54, 1.807) is 0 Å². The molecule has 2 N–H and O–H groups in total. The van der Waals surface area contributed by atoms with Gasteiger partial charge in [0, 0.05) is 52.4 Å². The molecule has 5 heteroatoms. The van der Waals surface area contributed by atoms with Gasteiger partial charge in [-0.15, -0.1) is 0 Å². The molecule has 1 aliphatic heterocycles. The molecule has 0 aromatic carbocycles. The molecule has 1 fully saturated rings. The molecule has 21 heavy (non-hydrogen) atoms. The number of nitrogens with zero attached hydrogens (tertiary/aromatic N) is 3. The van der Waals surface area contributed by atoms with E-state index in [1.165, 1.54) is 32.7 Å². The van der Waals surface area contributed by atoms with Gasteiger partial charge in [-0.25, -0.2) is 0 Å². The molecule has 5 nitrogen and oxygen atoms in total. The van der Waals surface area contributed by atoms with E-state index in [0.717, 1.165) is 25.3 Å². The standard InChI is InChI=1S/C16H31N5/c1-14(13-21-10-8-20(3)9-11-21)12-18-16(17-2)19-15-6-4-5-7-15/h4-5,14-15H,6-13H2,1-3H3,(H2,17,18,19). The molecule has 120 valence electrons. The van der Waals surface area contributed by atoms with Gasteiger partial charge in [0.2, 0.25) is 0 Å². The molecule has 1 heterocycles. The Bertz CT molecular complexity index is 350. The number of likely N-dealkylation sites (N-methyl/N-ethyl adjacent to an activating group) is 1. The Balaban J connectivity index is 1.63. The number of nitrogens with one attached hydrogen (secondary N) is 2. The molecule has 2 rings (SSSR count). The van der Waals surface area contributed by atoms with Gasteiger partial charge in [-0.3, -0.25) is 4.99 Å². The van der Waals surface area contributed by atoms with Crippen LogP contribution in [-0.2, 0) is 0 Å². The predicted octanol–water partition coefficient (Wildman–Crippen LogP) is 0.754. The molecule has 0 radical (unpaired) electrons. The molecule has 0 bridgehead atoms. The van der Waals surface area contributed by atoms with Crippen molar-refractivity contribution >= 4 is 5.96 Å². The van der Waals surface area contributed by atoms with Gasteiger partial charge in [0.25, 0.3) is 0 Å². The van der Waals surface area contributed by atoms with Gasteiger partial charge < -0.3 is 20.4 Å². The average molecular weight is 293 g/mol. The Hall–Kier alpha value is -1.07. The van der Waals surface area contributed by atoms with E-state index in [-0.39, 0.29) is 0 Å². The van der Waals surface area contributed by atoms with Gasteiger partial charge in [-0.2, -0.15) is 0 Å². The van der Waals surface area contributed by atoms with Gasteiger partial charge in [-0.1, -0.05) is 19.1 Å². The van der Waals surface area contributed by atoms with Crippen molar-refractivity contribution in [3.05, 3.63) is 12.2 Å². The van der Waals surface area contributed by atoms with Gasteiger partial charge in [0.1, 0.15) is 0 Å².